The Morgan fingerprint density at radius 3 is 2.57 bits per heavy atom. The van der Waals surface area contributed by atoms with Crippen molar-refractivity contribution in [2.24, 2.45) is 11.8 Å². The highest BCUT2D eigenvalue weighted by Crippen LogP contribution is 2.53. The van der Waals surface area contributed by atoms with E-state index in [1.54, 1.807) is 12.1 Å². The van der Waals surface area contributed by atoms with Crippen LogP contribution in [0.2, 0.25) is 0 Å². The molecule has 1 aromatic heterocycles. The fraction of sp³-hybridized carbons (Fsp3) is 0.429. The quantitative estimate of drug-likeness (QED) is 0.800. The summed E-state index contributed by atoms with van der Waals surface area (Å²) in [7, 11) is 0. The molecule has 1 N–H and O–H groups in total. The average molecular weight is 388 g/mol. The Labute approximate surface area is 162 Å². The Bertz CT molecular complexity index is 847. The smallest absolute Gasteiger partial charge is 0.222 e. The standard InChI is InChI=1S/C21H23F3N4/c1-13(17-9-18(17)16-3-2-4-19(23)20(16)24)28-7-5-14(6-8-28)10-25-21-26-11-15(22)12-27-21/h2-4,11-12,14,17-18H,1,5-10H2,(H,25,26,27). The van der Waals surface area contributed by atoms with E-state index in [1.807, 2.05) is 0 Å². The second-order valence-corrected chi connectivity index (χ2v) is 7.62. The Balaban J connectivity index is 1.25. The molecule has 1 saturated carbocycles. The molecule has 1 aromatic carbocycles. The minimum atomic E-state index is -0.785. The molecule has 0 spiro atoms. The number of likely N-dealkylation sites (tertiary alicyclic amines) is 1. The lowest BCUT2D eigenvalue weighted by Gasteiger charge is -2.35. The van der Waals surface area contributed by atoms with Crippen LogP contribution in [0.15, 0.2) is 42.9 Å². The average Bonchev–Trinajstić information content (AvgIpc) is 3.50. The van der Waals surface area contributed by atoms with Crippen LogP contribution in [0.3, 0.4) is 0 Å². The van der Waals surface area contributed by atoms with Crippen LogP contribution in [-0.4, -0.2) is 34.5 Å². The molecule has 1 aliphatic carbocycles. The summed E-state index contributed by atoms with van der Waals surface area (Å²) in [6.45, 7) is 6.76. The molecular weight excluding hydrogens is 365 g/mol. The van der Waals surface area contributed by atoms with E-state index in [2.05, 4.69) is 26.8 Å². The van der Waals surface area contributed by atoms with Gasteiger partial charge in [0, 0.05) is 31.2 Å². The first kappa shape index (κ1) is 18.8. The molecule has 1 saturated heterocycles. The maximum Gasteiger partial charge on any atom is 0.222 e. The number of halogens is 3. The molecule has 2 aliphatic rings. The van der Waals surface area contributed by atoms with Crippen LogP contribution >= 0.6 is 0 Å². The third kappa shape index (κ3) is 3.98. The molecule has 2 unspecified atom stereocenters. The normalized spacial score (nSPS) is 22.2. The van der Waals surface area contributed by atoms with Crippen molar-refractivity contribution in [2.75, 3.05) is 25.0 Å². The Morgan fingerprint density at radius 1 is 1.14 bits per heavy atom. The summed E-state index contributed by atoms with van der Waals surface area (Å²) in [5, 5.41) is 3.15. The molecule has 2 fully saturated rings. The van der Waals surface area contributed by atoms with Gasteiger partial charge in [-0.1, -0.05) is 18.7 Å². The molecule has 2 heterocycles. The number of piperidine rings is 1. The van der Waals surface area contributed by atoms with E-state index in [1.165, 1.54) is 0 Å². The maximum absolute atomic E-state index is 14.0. The van der Waals surface area contributed by atoms with E-state index in [0.717, 1.165) is 63.1 Å². The largest absolute Gasteiger partial charge is 0.375 e. The zero-order valence-electron chi connectivity index (χ0n) is 15.5. The van der Waals surface area contributed by atoms with Gasteiger partial charge in [-0.15, -0.1) is 0 Å². The lowest BCUT2D eigenvalue weighted by atomic mass is 9.96. The summed E-state index contributed by atoms with van der Waals surface area (Å²) in [4.78, 5) is 10.1. The predicted molar refractivity (Wildman–Crippen MR) is 101 cm³/mol. The molecule has 28 heavy (non-hydrogen) atoms. The minimum absolute atomic E-state index is 0.0261. The van der Waals surface area contributed by atoms with Crippen molar-refractivity contribution in [3.63, 3.8) is 0 Å². The van der Waals surface area contributed by atoms with Crippen LogP contribution in [-0.2, 0) is 0 Å². The van der Waals surface area contributed by atoms with Gasteiger partial charge in [0.15, 0.2) is 17.5 Å². The first-order chi connectivity index (χ1) is 13.5. The molecule has 4 rings (SSSR count). The lowest BCUT2D eigenvalue weighted by Crippen LogP contribution is -2.35. The van der Waals surface area contributed by atoms with E-state index in [4.69, 9.17) is 0 Å². The van der Waals surface area contributed by atoms with Gasteiger partial charge in [-0.2, -0.15) is 0 Å². The number of hydrogen-bond donors (Lipinski definition) is 1. The van der Waals surface area contributed by atoms with Crippen LogP contribution < -0.4 is 5.32 Å². The van der Waals surface area contributed by atoms with Crippen molar-refractivity contribution in [3.05, 3.63) is 65.9 Å². The minimum Gasteiger partial charge on any atom is -0.375 e. The first-order valence-corrected chi connectivity index (χ1v) is 9.62. The van der Waals surface area contributed by atoms with Gasteiger partial charge in [0.05, 0.1) is 12.4 Å². The summed E-state index contributed by atoms with van der Waals surface area (Å²) in [6, 6.07) is 4.39. The maximum atomic E-state index is 14.0. The zero-order valence-corrected chi connectivity index (χ0v) is 15.5. The van der Waals surface area contributed by atoms with E-state index in [9.17, 15) is 13.2 Å². The Morgan fingerprint density at radius 2 is 1.86 bits per heavy atom. The third-order valence-electron chi connectivity index (χ3n) is 5.79. The second kappa shape index (κ2) is 7.81. The molecule has 0 radical (unpaired) electrons. The van der Waals surface area contributed by atoms with Gasteiger partial charge in [0.1, 0.15) is 0 Å². The molecule has 1 aliphatic heterocycles. The van der Waals surface area contributed by atoms with Gasteiger partial charge >= 0.3 is 0 Å². The molecule has 2 aromatic rings. The van der Waals surface area contributed by atoms with E-state index < -0.39 is 17.5 Å². The molecule has 148 valence electrons. The molecule has 4 nitrogen and oxygen atoms in total. The van der Waals surface area contributed by atoms with Crippen molar-refractivity contribution < 1.29 is 13.2 Å². The molecule has 7 heteroatoms. The van der Waals surface area contributed by atoms with E-state index >= 15 is 0 Å². The number of nitrogens with one attached hydrogen (secondary N) is 1. The number of hydrogen-bond acceptors (Lipinski definition) is 4. The van der Waals surface area contributed by atoms with Crippen LogP contribution in [0, 0.1) is 29.3 Å². The lowest BCUT2D eigenvalue weighted by molar-refractivity contribution is 0.224. The molecular formula is C21H23F3N4. The Hall–Kier alpha value is -2.57. The van der Waals surface area contributed by atoms with E-state index in [-0.39, 0.29) is 11.8 Å². The number of benzene rings is 1. The molecule has 0 bridgehead atoms. The highest BCUT2D eigenvalue weighted by atomic mass is 19.2. The topological polar surface area (TPSA) is 41.0 Å². The monoisotopic (exact) mass is 388 g/mol. The van der Waals surface area contributed by atoms with Crippen molar-refractivity contribution >= 4 is 5.95 Å². The van der Waals surface area contributed by atoms with Gasteiger partial charge in [0.25, 0.3) is 0 Å². The Kier molecular flexibility index (Phi) is 5.24. The number of nitrogens with zero attached hydrogens (tertiary/aromatic N) is 3. The van der Waals surface area contributed by atoms with Crippen LogP contribution in [0.25, 0.3) is 0 Å². The van der Waals surface area contributed by atoms with Gasteiger partial charge in [-0.25, -0.2) is 23.1 Å². The summed E-state index contributed by atoms with van der Waals surface area (Å²) in [5.74, 6) is -0.826. The van der Waals surface area contributed by atoms with Crippen LogP contribution in [0.5, 0.6) is 0 Å². The van der Waals surface area contributed by atoms with Crippen molar-refractivity contribution in [3.8, 4) is 0 Å². The second-order valence-electron chi connectivity index (χ2n) is 7.62. The molecule has 0 amide bonds. The molecule has 2 atom stereocenters. The summed E-state index contributed by atoms with van der Waals surface area (Å²) in [5.41, 5.74) is 1.49. The summed E-state index contributed by atoms with van der Waals surface area (Å²) < 4.78 is 40.3. The third-order valence-corrected chi connectivity index (χ3v) is 5.79. The highest BCUT2D eigenvalue weighted by molar-refractivity contribution is 5.32. The van der Waals surface area contributed by atoms with Gasteiger partial charge in [-0.3, -0.25) is 0 Å². The van der Waals surface area contributed by atoms with Crippen molar-refractivity contribution in [1.82, 2.24) is 14.9 Å². The number of aromatic nitrogens is 2. The number of allylic oxidation sites excluding steroid dienone is 1. The van der Waals surface area contributed by atoms with Crippen LogP contribution in [0.1, 0.15) is 30.7 Å². The van der Waals surface area contributed by atoms with Gasteiger partial charge < -0.3 is 10.2 Å². The van der Waals surface area contributed by atoms with Gasteiger partial charge in [-0.05, 0) is 42.7 Å². The number of rotatable bonds is 6. The first-order valence-electron chi connectivity index (χ1n) is 9.62. The zero-order chi connectivity index (χ0) is 19.7. The summed E-state index contributed by atoms with van der Waals surface area (Å²) >= 11 is 0. The van der Waals surface area contributed by atoms with Crippen LogP contribution in [0.4, 0.5) is 19.1 Å². The fourth-order valence-electron chi connectivity index (χ4n) is 4.01. The highest BCUT2D eigenvalue weighted by Gasteiger charge is 2.44. The fourth-order valence-corrected chi connectivity index (χ4v) is 4.01. The number of anilines is 1. The van der Waals surface area contributed by atoms with Crippen molar-refractivity contribution in [1.29, 1.82) is 0 Å². The predicted octanol–water partition coefficient (Wildman–Crippen LogP) is 4.34. The SMILES string of the molecule is C=C(C1CC1c1cccc(F)c1F)N1CCC(CNc2ncc(F)cn2)CC1. The summed E-state index contributed by atoms with van der Waals surface area (Å²) in [6.07, 6.45) is 5.12. The van der Waals surface area contributed by atoms with E-state index in [0.29, 0.717) is 17.4 Å². The van der Waals surface area contributed by atoms with Gasteiger partial charge in [0.2, 0.25) is 5.95 Å². The van der Waals surface area contributed by atoms with Crippen molar-refractivity contribution in [2.45, 2.75) is 25.2 Å².